The number of para-hydroxylation sites is 1. The third-order valence-corrected chi connectivity index (χ3v) is 3.08. The molecule has 0 radical (unpaired) electrons. The van der Waals surface area contributed by atoms with Crippen LogP contribution in [0.2, 0.25) is 0 Å². The minimum Gasteiger partial charge on any atom is -0.493 e. The quantitative estimate of drug-likeness (QED) is 0.589. The number of hydrogen-bond acceptors (Lipinski definition) is 5. The van der Waals surface area contributed by atoms with E-state index in [1.807, 2.05) is 44.2 Å². The molecule has 0 unspecified atom stereocenters. The fourth-order valence-corrected chi connectivity index (χ4v) is 2.03. The van der Waals surface area contributed by atoms with Crippen LogP contribution in [0.5, 0.6) is 11.5 Å². The van der Waals surface area contributed by atoms with Gasteiger partial charge in [-0.15, -0.1) is 0 Å². The summed E-state index contributed by atoms with van der Waals surface area (Å²) in [4.78, 5) is 16.8. The lowest BCUT2D eigenvalue weighted by Gasteiger charge is -2.13. The first-order valence-electron chi connectivity index (χ1n) is 7.93. The number of carbonyl (C=O) groups excluding carboxylic acids is 1. The van der Waals surface area contributed by atoms with Crippen LogP contribution >= 0.6 is 0 Å². The lowest BCUT2D eigenvalue weighted by atomic mass is 10.2. The maximum Gasteiger partial charge on any atom is 0.265 e. The van der Waals surface area contributed by atoms with Crippen LogP contribution in [0, 0.1) is 0 Å². The molecular formula is C19H22N2O4. The molecule has 0 bridgehead atoms. The van der Waals surface area contributed by atoms with Crippen molar-refractivity contribution in [2.45, 2.75) is 20.0 Å². The highest BCUT2D eigenvalue weighted by Crippen LogP contribution is 2.28. The van der Waals surface area contributed by atoms with Crippen molar-refractivity contribution >= 4 is 17.8 Å². The molecule has 132 valence electrons. The fourth-order valence-electron chi connectivity index (χ4n) is 2.03. The highest BCUT2D eigenvalue weighted by atomic mass is 16.6. The Morgan fingerprint density at radius 1 is 1.16 bits per heavy atom. The Labute approximate surface area is 147 Å². The predicted molar refractivity (Wildman–Crippen MR) is 97.4 cm³/mol. The largest absolute Gasteiger partial charge is 0.493 e. The third-order valence-electron chi connectivity index (χ3n) is 3.08. The van der Waals surface area contributed by atoms with Gasteiger partial charge in [0.15, 0.2) is 18.1 Å². The van der Waals surface area contributed by atoms with E-state index in [2.05, 4.69) is 10.5 Å². The Morgan fingerprint density at radius 2 is 1.92 bits per heavy atom. The molecule has 0 aliphatic carbocycles. The number of nitrogens with zero attached hydrogens (tertiary/aromatic N) is 1. The molecule has 0 aliphatic heterocycles. The van der Waals surface area contributed by atoms with Crippen molar-refractivity contribution in [1.82, 2.24) is 0 Å². The normalized spacial score (nSPS) is 10.7. The number of nitrogens with one attached hydrogen (secondary N) is 1. The van der Waals surface area contributed by atoms with Crippen LogP contribution in [-0.2, 0) is 9.63 Å². The second-order valence-corrected chi connectivity index (χ2v) is 5.50. The van der Waals surface area contributed by atoms with Crippen LogP contribution < -0.4 is 14.8 Å². The maximum absolute atomic E-state index is 11.7. The average molecular weight is 342 g/mol. The molecule has 25 heavy (non-hydrogen) atoms. The molecule has 0 heterocycles. The molecule has 0 fully saturated rings. The van der Waals surface area contributed by atoms with Crippen LogP contribution in [0.3, 0.4) is 0 Å². The number of rotatable bonds is 8. The molecule has 2 aromatic rings. The van der Waals surface area contributed by atoms with Gasteiger partial charge in [0, 0.05) is 11.3 Å². The van der Waals surface area contributed by atoms with Crippen molar-refractivity contribution in [2.75, 3.05) is 19.0 Å². The zero-order valence-corrected chi connectivity index (χ0v) is 14.6. The van der Waals surface area contributed by atoms with E-state index in [0.29, 0.717) is 17.2 Å². The summed E-state index contributed by atoms with van der Waals surface area (Å²) in [6.45, 7) is 3.73. The van der Waals surface area contributed by atoms with Crippen molar-refractivity contribution in [2.24, 2.45) is 5.16 Å². The summed E-state index contributed by atoms with van der Waals surface area (Å²) >= 11 is 0. The van der Waals surface area contributed by atoms with E-state index in [9.17, 15) is 4.79 Å². The molecule has 0 aliphatic rings. The lowest BCUT2D eigenvalue weighted by molar-refractivity contribution is -0.120. The summed E-state index contributed by atoms with van der Waals surface area (Å²) in [6.07, 6.45) is 1.57. The van der Waals surface area contributed by atoms with E-state index in [4.69, 9.17) is 14.3 Å². The first-order valence-corrected chi connectivity index (χ1v) is 7.93. The Hall–Kier alpha value is -3.02. The van der Waals surface area contributed by atoms with Gasteiger partial charge in [0.25, 0.3) is 5.91 Å². The van der Waals surface area contributed by atoms with Crippen LogP contribution in [0.15, 0.2) is 53.7 Å². The first kappa shape index (κ1) is 18.3. The second kappa shape index (κ2) is 9.32. The van der Waals surface area contributed by atoms with Gasteiger partial charge in [-0.1, -0.05) is 23.4 Å². The third kappa shape index (κ3) is 6.18. The molecule has 2 rings (SSSR count). The topological polar surface area (TPSA) is 69.2 Å². The molecule has 0 aromatic heterocycles. The van der Waals surface area contributed by atoms with Crippen molar-refractivity contribution in [3.8, 4) is 11.5 Å². The number of anilines is 1. The van der Waals surface area contributed by atoms with E-state index in [-0.39, 0.29) is 18.6 Å². The van der Waals surface area contributed by atoms with E-state index in [1.165, 1.54) is 6.21 Å². The zero-order chi connectivity index (χ0) is 18.1. The number of amides is 1. The number of hydrogen-bond donors (Lipinski definition) is 1. The van der Waals surface area contributed by atoms with Gasteiger partial charge in [0.1, 0.15) is 0 Å². The summed E-state index contributed by atoms with van der Waals surface area (Å²) in [5.41, 5.74) is 1.49. The summed E-state index contributed by atoms with van der Waals surface area (Å²) in [7, 11) is 1.58. The average Bonchev–Trinajstić information content (AvgIpc) is 2.60. The number of ether oxygens (including phenoxy) is 2. The van der Waals surface area contributed by atoms with Gasteiger partial charge >= 0.3 is 0 Å². The van der Waals surface area contributed by atoms with Crippen LogP contribution in [0.25, 0.3) is 0 Å². The monoisotopic (exact) mass is 342 g/mol. The SMILES string of the molecule is COc1cc(/C=N\OCC(=O)Nc2ccccc2)ccc1OC(C)C. The molecule has 0 atom stereocenters. The van der Waals surface area contributed by atoms with Crippen molar-refractivity contribution < 1.29 is 19.1 Å². The van der Waals surface area contributed by atoms with E-state index in [1.54, 1.807) is 25.3 Å². The number of methoxy groups -OCH3 is 1. The molecule has 0 spiro atoms. The molecule has 2 aromatic carbocycles. The van der Waals surface area contributed by atoms with Crippen molar-refractivity contribution in [1.29, 1.82) is 0 Å². The smallest absolute Gasteiger partial charge is 0.265 e. The Bertz CT molecular complexity index is 715. The van der Waals surface area contributed by atoms with Crippen molar-refractivity contribution in [3.63, 3.8) is 0 Å². The van der Waals surface area contributed by atoms with Gasteiger partial charge in [0.05, 0.1) is 19.4 Å². The molecule has 1 amide bonds. The van der Waals surface area contributed by atoms with Gasteiger partial charge in [-0.3, -0.25) is 4.79 Å². The molecule has 6 nitrogen and oxygen atoms in total. The highest BCUT2D eigenvalue weighted by molar-refractivity contribution is 5.91. The van der Waals surface area contributed by atoms with Crippen LogP contribution in [0.1, 0.15) is 19.4 Å². The minimum atomic E-state index is -0.276. The van der Waals surface area contributed by atoms with Gasteiger partial charge in [-0.25, -0.2) is 0 Å². The number of carbonyl (C=O) groups is 1. The Kier molecular flexibility index (Phi) is 6.83. The predicted octanol–water partition coefficient (Wildman–Crippen LogP) is 3.47. The molecule has 0 saturated carbocycles. The summed E-state index contributed by atoms with van der Waals surface area (Å²) < 4.78 is 11.0. The molecule has 0 saturated heterocycles. The van der Waals surface area contributed by atoms with Crippen molar-refractivity contribution in [3.05, 3.63) is 54.1 Å². The molecular weight excluding hydrogens is 320 g/mol. The lowest BCUT2D eigenvalue weighted by Crippen LogP contribution is -2.16. The van der Waals surface area contributed by atoms with Crippen LogP contribution in [0.4, 0.5) is 5.69 Å². The fraction of sp³-hybridized carbons (Fsp3) is 0.263. The summed E-state index contributed by atoms with van der Waals surface area (Å²) in [6, 6.07) is 14.6. The first-order chi connectivity index (χ1) is 12.1. The minimum absolute atomic E-state index is 0.0554. The van der Waals surface area contributed by atoms with Gasteiger partial charge in [0.2, 0.25) is 0 Å². The Morgan fingerprint density at radius 3 is 2.60 bits per heavy atom. The highest BCUT2D eigenvalue weighted by Gasteiger charge is 2.07. The van der Waals surface area contributed by atoms with E-state index in [0.717, 1.165) is 5.56 Å². The van der Waals surface area contributed by atoms with Gasteiger partial charge in [-0.2, -0.15) is 0 Å². The van der Waals surface area contributed by atoms with E-state index >= 15 is 0 Å². The number of oxime groups is 1. The second-order valence-electron chi connectivity index (χ2n) is 5.50. The van der Waals surface area contributed by atoms with Gasteiger partial charge < -0.3 is 19.6 Å². The Balaban J connectivity index is 1.86. The molecule has 6 heteroatoms. The molecule has 1 N–H and O–H groups in total. The standard InChI is InChI=1S/C19H22N2O4/c1-14(2)25-17-10-9-15(11-18(17)23-3)12-20-24-13-19(22)21-16-7-5-4-6-8-16/h4-12,14H,13H2,1-3H3,(H,21,22)/b20-12-. The number of benzene rings is 2. The van der Waals surface area contributed by atoms with E-state index < -0.39 is 0 Å². The van der Waals surface area contributed by atoms with Crippen LogP contribution in [-0.4, -0.2) is 31.9 Å². The summed E-state index contributed by atoms with van der Waals surface area (Å²) in [5.74, 6) is 0.999. The summed E-state index contributed by atoms with van der Waals surface area (Å²) in [5, 5.41) is 6.52. The van der Waals surface area contributed by atoms with Gasteiger partial charge in [-0.05, 0) is 44.2 Å². The maximum atomic E-state index is 11.7. The zero-order valence-electron chi connectivity index (χ0n) is 14.6.